The van der Waals surface area contributed by atoms with Gasteiger partial charge in [-0.25, -0.2) is 0 Å². The van der Waals surface area contributed by atoms with Crippen LogP contribution < -0.4 is 21.1 Å². The van der Waals surface area contributed by atoms with E-state index in [0.29, 0.717) is 12.3 Å². The molecule has 0 saturated heterocycles. The van der Waals surface area contributed by atoms with Gasteiger partial charge < -0.3 is 26.2 Å². The Morgan fingerprint density at radius 3 is 2.51 bits per heavy atom. The summed E-state index contributed by atoms with van der Waals surface area (Å²) in [6, 6.07) is 7.31. The Hall–Kier alpha value is -3.19. The Kier molecular flexibility index (Phi) is 9.60. The van der Waals surface area contributed by atoms with E-state index in [1.807, 2.05) is 32.9 Å². The number of hydrogen-bond acceptors (Lipinski definition) is 4. The van der Waals surface area contributed by atoms with Crippen LogP contribution in [0.1, 0.15) is 60.4 Å². The minimum atomic E-state index is -0.235. The number of carbonyl (C=O) groups is 1. The molecule has 1 amide bonds. The largest absolute Gasteiger partial charge is 0.507 e. The quantitative estimate of drug-likeness (QED) is 0.149. The summed E-state index contributed by atoms with van der Waals surface area (Å²) in [5, 5.41) is 23.2. The van der Waals surface area contributed by atoms with Gasteiger partial charge in [-0.3, -0.25) is 10.2 Å². The molecule has 8 heteroatoms. The summed E-state index contributed by atoms with van der Waals surface area (Å²) in [7, 11) is 0. The average molecular weight is 501 g/mol. The molecule has 6 N–H and O–H groups in total. The van der Waals surface area contributed by atoms with Crippen molar-refractivity contribution in [3.63, 3.8) is 0 Å². The minimum absolute atomic E-state index is 0. The third-order valence-corrected chi connectivity index (χ3v) is 6.64. The van der Waals surface area contributed by atoms with Gasteiger partial charge in [0.2, 0.25) is 5.91 Å². The van der Waals surface area contributed by atoms with Crippen molar-refractivity contribution >= 4 is 36.0 Å². The number of benzene rings is 2. The van der Waals surface area contributed by atoms with E-state index >= 15 is 0 Å². The number of halogens is 1. The SMILES string of the molecule is Cc1c(C)c2c(c(C)c1O)CCC(C)(CCCCNC(=O)C=Cc1ccc(NC(=N)N)cc1)O2.Cl. The van der Waals surface area contributed by atoms with Crippen LogP contribution in [-0.4, -0.2) is 29.1 Å². The molecule has 3 rings (SSSR count). The van der Waals surface area contributed by atoms with Crippen molar-refractivity contribution in [3.05, 3.63) is 58.2 Å². The average Bonchev–Trinajstić information content (AvgIpc) is 2.80. The zero-order valence-electron chi connectivity index (χ0n) is 21.0. The topological polar surface area (TPSA) is 120 Å². The molecule has 1 heterocycles. The fourth-order valence-corrected chi connectivity index (χ4v) is 4.37. The Morgan fingerprint density at radius 1 is 1.17 bits per heavy atom. The molecule has 0 radical (unpaired) electrons. The first kappa shape index (κ1) is 28.1. The van der Waals surface area contributed by atoms with Crippen LogP contribution in [0.25, 0.3) is 6.08 Å². The summed E-state index contributed by atoms with van der Waals surface area (Å²) in [5.74, 6) is 1.08. The lowest BCUT2D eigenvalue weighted by Gasteiger charge is -2.38. The summed E-state index contributed by atoms with van der Waals surface area (Å²) in [6.07, 6.45) is 7.85. The number of carbonyl (C=O) groups excluding carboxylic acids is 1. The molecule has 1 atom stereocenters. The number of aromatic hydroxyl groups is 1. The van der Waals surface area contributed by atoms with E-state index in [9.17, 15) is 9.90 Å². The predicted octanol–water partition coefficient (Wildman–Crippen LogP) is 5.13. The van der Waals surface area contributed by atoms with Crippen LogP contribution in [0.15, 0.2) is 30.3 Å². The highest BCUT2D eigenvalue weighted by atomic mass is 35.5. The molecule has 0 aromatic heterocycles. The molecule has 1 aliphatic rings. The van der Waals surface area contributed by atoms with Crippen LogP contribution in [0, 0.1) is 26.2 Å². The maximum absolute atomic E-state index is 12.1. The van der Waals surface area contributed by atoms with Crippen molar-refractivity contribution in [2.45, 2.75) is 65.4 Å². The first-order chi connectivity index (χ1) is 16.1. The predicted molar refractivity (Wildman–Crippen MR) is 145 cm³/mol. The number of amides is 1. The van der Waals surface area contributed by atoms with Gasteiger partial charge in [0.15, 0.2) is 5.96 Å². The second-order valence-corrected chi connectivity index (χ2v) is 9.33. The number of rotatable bonds is 8. The van der Waals surface area contributed by atoms with E-state index in [1.165, 1.54) is 6.08 Å². The second-order valence-electron chi connectivity index (χ2n) is 9.33. The molecule has 2 aromatic carbocycles. The molecule has 190 valence electrons. The Bertz CT molecular complexity index is 1100. The summed E-state index contributed by atoms with van der Waals surface area (Å²) >= 11 is 0. The number of guanidine groups is 1. The summed E-state index contributed by atoms with van der Waals surface area (Å²) < 4.78 is 6.48. The van der Waals surface area contributed by atoms with Crippen molar-refractivity contribution in [1.82, 2.24) is 5.32 Å². The molecule has 7 nitrogen and oxygen atoms in total. The van der Waals surface area contributed by atoms with E-state index < -0.39 is 0 Å². The molecular formula is C27H37ClN4O3. The Labute approximate surface area is 214 Å². The first-order valence-electron chi connectivity index (χ1n) is 11.8. The van der Waals surface area contributed by atoms with Crippen LogP contribution in [0.4, 0.5) is 5.69 Å². The highest BCUT2D eigenvalue weighted by Gasteiger charge is 2.34. The van der Waals surface area contributed by atoms with E-state index in [2.05, 4.69) is 17.6 Å². The number of fused-ring (bicyclic) bond motifs is 1. The van der Waals surface area contributed by atoms with Crippen molar-refractivity contribution < 1.29 is 14.6 Å². The number of nitrogens with two attached hydrogens (primary N) is 1. The van der Waals surface area contributed by atoms with Gasteiger partial charge in [0.05, 0.1) is 0 Å². The van der Waals surface area contributed by atoms with Crippen LogP contribution >= 0.6 is 12.4 Å². The van der Waals surface area contributed by atoms with Gasteiger partial charge in [0.1, 0.15) is 17.1 Å². The van der Waals surface area contributed by atoms with Gasteiger partial charge in [0, 0.05) is 23.9 Å². The summed E-state index contributed by atoms with van der Waals surface area (Å²) in [5.41, 5.74) is 10.7. The van der Waals surface area contributed by atoms with Gasteiger partial charge in [0.25, 0.3) is 0 Å². The molecule has 0 spiro atoms. The highest BCUT2D eigenvalue weighted by Crippen LogP contribution is 2.44. The van der Waals surface area contributed by atoms with Gasteiger partial charge in [-0.15, -0.1) is 12.4 Å². The van der Waals surface area contributed by atoms with Gasteiger partial charge >= 0.3 is 0 Å². The van der Waals surface area contributed by atoms with Crippen LogP contribution in [0.3, 0.4) is 0 Å². The van der Waals surface area contributed by atoms with Crippen molar-refractivity contribution in [2.75, 3.05) is 11.9 Å². The number of anilines is 1. The summed E-state index contributed by atoms with van der Waals surface area (Å²) in [4.78, 5) is 12.1. The number of phenolic OH excluding ortho intramolecular Hbond substituents is 1. The second kappa shape index (κ2) is 12.0. The lowest BCUT2D eigenvalue weighted by Crippen LogP contribution is -2.37. The Morgan fingerprint density at radius 2 is 1.86 bits per heavy atom. The molecule has 1 aliphatic heterocycles. The summed E-state index contributed by atoms with van der Waals surface area (Å²) in [6.45, 7) is 8.68. The zero-order chi connectivity index (χ0) is 24.9. The van der Waals surface area contributed by atoms with E-state index in [1.54, 1.807) is 18.2 Å². The minimum Gasteiger partial charge on any atom is -0.507 e. The lowest BCUT2D eigenvalue weighted by molar-refractivity contribution is -0.116. The Balaban J connectivity index is 0.00000432. The standard InChI is InChI=1S/C27H36N4O3.ClH/c1-17-18(2)25-22(19(3)24(17)33)13-15-27(4,34-25)14-5-6-16-30-23(32)12-9-20-7-10-21(11-8-20)31-26(28)29;/h7-12,33H,5-6,13-16H2,1-4H3,(H,30,32)(H4,28,29,31);1H. The number of nitrogens with one attached hydrogen (secondary N) is 3. The van der Waals surface area contributed by atoms with Gasteiger partial charge in [-0.05, 0) is 100 Å². The lowest BCUT2D eigenvalue weighted by atomic mass is 9.85. The fourth-order valence-electron chi connectivity index (χ4n) is 4.37. The maximum atomic E-state index is 12.1. The van der Waals surface area contributed by atoms with E-state index in [-0.39, 0.29) is 29.9 Å². The molecule has 0 fully saturated rings. The molecule has 1 unspecified atom stereocenters. The van der Waals surface area contributed by atoms with Crippen molar-refractivity contribution in [1.29, 1.82) is 5.41 Å². The molecule has 0 saturated carbocycles. The third-order valence-electron chi connectivity index (χ3n) is 6.64. The van der Waals surface area contributed by atoms with Crippen molar-refractivity contribution in [3.8, 4) is 11.5 Å². The molecular weight excluding hydrogens is 464 g/mol. The first-order valence-corrected chi connectivity index (χ1v) is 11.8. The normalized spacial score (nSPS) is 16.7. The smallest absolute Gasteiger partial charge is 0.243 e. The zero-order valence-corrected chi connectivity index (χ0v) is 21.8. The molecule has 0 bridgehead atoms. The molecule has 0 aliphatic carbocycles. The van der Waals surface area contributed by atoms with E-state index in [0.717, 1.165) is 71.4 Å². The van der Waals surface area contributed by atoms with Gasteiger partial charge in [-0.2, -0.15) is 0 Å². The number of hydrogen-bond donors (Lipinski definition) is 5. The number of phenols is 1. The van der Waals surface area contributed by atoms with Gasteiger partial charge in [-0.1, -0.05) is 12.1 Å². The molecule has 35 heavy (non-hydrogen) atoms. The monoisotopic (exact) mass is 500 g/mol. The van der Waals surface area contributed by atoms with Crippen molar-refractivity contribution in [2.24, 2.45) is 5.73 Å². The van der Waals surface area contributed by atoms with Crippen LogP contribution in [0.2, 0.25) is 0 Å². The number of unbranched alkanes of at least 4 members (excludes halogenated alkanes) is 1. The molecule has 2 aromatic rings. The third kappa shape index (κ3) is 7.15. The maximum Gasteiger partial charge on any atom is 0.243 e. The van der Waals surface area contributed by atoms with E-state index in [4.69, 9.17) is 15.9 Å². The van der Waals surface area contributed by atoms with Crippen LogP contribution in [-0.2, 0) is 11.2 Å². The van der Waals surface area contributed by atoms with Crippen LogP contribution in [0.5, 0.6) is 11.5 Å². The number of ether oxygens (including phenoxy) is 1. The highest BCUT2D eigenvalue weighted by molar-refractivity contribution is 5.92. The fraction of sp³-hybridized carbons (Fsp3) is 0.407.